The van der Waals surface area contributed by atoms with Crippen molar-refractivity contribution >= 4 is 15.5 Å². The summed E-state index contributed by atoms with van der Waals surface area (Å²) in [5.74, 6) is 1.48. The SMILES string of the molecule is CCS(=O)(=O)c1ccccc1NC1C2CNCC21. The summed E-state index contributed by atoms with van der Waals surface area (Å²) < 4.78 is 24.0. The van der Waals surface area contributed by atoms with Crippen LogP contribution in [0.25, 0.3) is 0 Å². The van der Waals surface area contributed by atoms with Crippen LogP contribution in [-0.4, -0.2) is 33.3 Å². The highest BCUT2D eigenvalue weighted by Gasteiger charge is 2.53. The Bertz CT molecular complexity index is 546. The number of rotatable bonds is 4. The molecule has 4 nitrogen and oxygen atoms in total. The largest absolute Gasteiger partial charge is 0.381 e. The Morgan fingerprint density at radius 1 is 1.28 bits per heavy atom. The van der Waals surface area contributed by atoms with E-state index >= 15 is 0 Å². The number of anilines is 1. The Balaban J connectivity index is 1.84. The number of piperidine rings is 1. The van der Waals surface area contributed by atoms with Crippen LogP contribution in [0.4, 0.5) is 5.69 Å². The number of hydrogen-bond donors (Lipinski definition) is 2. The predicted molar refractivity (Wildman–Crippen MR) is 71.4 cm³/mol. The van der Waals surface area contributed by atoms with Crippen molar-refractivity contribution in [2.45, 2.75) is 17.9 Å². The van der Waals surface area contributed by atoms with Crippen molar-refractivity contribution in [3.8, 4) is 0 Å². The summed E-state index contributed by atoms with van der Waals surface area (Å²) in [5.41, 5.74) is 0.763. The third-order valence-corrected chi connectivity index (χ3v) is 5.80. The Hall–Kier alpha value is -1.07. The molecule has 98 valence electrons. The fourth-order valence-corrected chi connectivity index (χ4v) is 3.88. The summed E-state index contributed by atoms with van der Waals surface area (Å²) in [7, 11) is -3.15. The summed E-state index contributed by atoms with van der Waals surface area (Å²) in [4.78, 5) is 0.436. The fourth-order valence-electron chi connectivity index (χ4n) is 2.82. The number of nitrogens with one attached hydrogen (secondary N) is 2. The molecular formula is C13H18N2O2S. The standard InChI is InChI=1S/C13H18N2O2S/c1-2-18(16,17)12-6-4-3-5-11(12)15-13-9-7-14-8-10(9)13/h3-6,9-10,13-15H,2,7-8H2,1H3. The zero-order chi connectivity index (χ0) is 12.8. The van der Waals surface area contributed by atoms with Gasteiger partial charge in [0, 0.05) is 19.1 Å². The van der Waals surface area contributed by atoms with Crippen LogP contribution in [0.15, 0.2) is 29.2 Å². The van der Waals surface area contributed by atoms with Crippen LogP contribution in [-0.2, 0) is 9.84 Å². The first-order chi connectivity index (χ1) is 8.63. The Labute approximate surface area is 108 Å². The normalized spacial score (nSPS) is 29.9. The van der Waals surface area contributed by atoms with Crippen LogP contribution in [0, 0.1) is 11.8 Å². The van der Waals surface area contributed by atoms with Crippen LogP contribution < -0.4 is 10.6 Å². The van der Waals surface area contributed by atoms with Crippen LogP contribution in [0.5, 0.6) is 0 Å². The fraction of sp³-hybridized carbons (Fsp3) is 0.538. The first-order valence-corrected chi connectivity index (χ1v) is 8.08. The van der Waals surface area contributed by atoms with Gasteiger partial charge in [-0.25, -0.2) is 8.42 Å². The van der Waals surface area contributed by atoms with Crippen molar-refractivity contribution < 1.29 is 8.42 Å². The van der Waals surface area contributed by atoms with Gasteiger partial charge in [0.2, 0.25) is 0 Å². The van der Waals surface area contributed by atoms with E-state index in [-0.39, 0.29) is 5.75 Å². The van der Waals surface area contributed by atoms with Gasteiger partial charge in [-0.15, -0.1) is 0 Å². The van der Waals surface area contributed by atoms with Crippen molar-refractivity contribution in [3.63, 3.8) is 0 Å². The van der Waals surface area contributed by atoms with E-state index in [2.05, 4.69) is 10.6 Å². The molecule has 0 radical (unpaired) electrons. The maximum Gasteiger partial charge on any atom is 0.180 e. The first kappa shape index (κ1) is 12.0. The van der Waals surface area contributed by atoms with Crippen molar-refractivity contribution in [1.29, 1.82) is 0 Å². The number of hydrogen-bond acceptors (Lipinski definition) is 4. The lowest BCUT2D eigenvalue weighted by molar-refractivity contribution is 0.597. The van der Waals surface area contributed by atoms with Gasteiger partial charge in [-0.3, -0.25) is 0 Å². The van der Waals surface area contributed by atoms with E-state index in [4.69, 9.17) is 0 Å². The smallest absolute Gasteiger partial charge is 0.180 e. The number of para-hydroxylation sites is 1. The summed E-state index contributed by atoms with van der Waals surface area (Å²) in [6, 6.07) is 7.66. The molecule has 1 aliphatic carbocycles. The van der Waals surface area contributed by atoms with E-state index in [0.29, 0.717) is 22.8 Å². The number of sulfone groups is 1. The minimum atomic E-state index is -3.15. The highest BCUT2D eigenvalue weighted by molar-refractivity contribution is 7.91. The third kappa shape index (κ3) is 1.91. The van der Waals surface area contributed by atoms with Crippen LogP contribution in [0.1, 0.15) is 6.92 Å². The summed E-state index contributed by atoms with van der Waals surface area (Å²) in [5, 5.41) is 6.74. The molecule has 2 unspecified atom stereocenters. The maximum atomic E-state index is 12.0. The molecule has 0 aromatic heterocycles. The predicted octanol–water partition coefficient (Wildman–Crippen LogP) is 1.11. The molecule has 2 N–H and O–H groups in total. The van der Waals surface area contributed by atoms with Crippen molar-refractivity contribution in [1.82, 2.24) is 5.32 Å². The summed E-state index contributed by atoms with van der Waals surface area (Å²) in [6.07, 6.45) is 0. The van der Waals surface area contributed by atoms with Crippen LogP contribution in [0.3, 0.4) is 0 Å². The average Bonchev–Trinajstić information content (AvgIpc) is 2.82. The molecule has 2 fully saturated rings. The monoisotopic (exact) mass is 266 g/mol. The van der Waals surface area contributed by atoms with Gasteiger partial charge in [0.05, 0.1) is 16.3 Å². The van der Waals surface area contributed by atoms with E-state index in [9.17, 15) is 8.42 Å². The molecule has 1 aromatic rings. The highest BCUT2D eigenvalue weighted by Crippen LogP contribution is 2.44. The zero-order valence-corrected chi connectivity index (χ0v) is 11.2. The van der Waals surface area contributed by atoms with E-state index in [0.717, 1.165) is 18.8 Å². The minimum Gasteiger partial charge on any atom is -0.381 e. The quantitative estimate of drug-likeness (QED) is 0.857. The van der Waals surface area contributed by atoms with E-state index in [1.807, 2.05) is 12.1 Å². The number of benzene rings is 1. The van der Waals surface area contributed by atoms with E-state index in [1.54, 1.807) is 19.1 Å². The van der Waals surface area contributed by atoms with Gasteiger partial charge in [-0.1, -0.05) is 19.1 Å². The molecule has 5 heteroatoms. The van der Waals surface area contributed by atoms with Crippen molar-refractivity contribution in [2.75, 3.05) is 24.2 Å². The highest BCUT2D eigenvalue weighted by atomic mass is 32.2. The molecule has 1 heterocycles. The Kier molecular flexibility index (Phi) is 2.83. The molecule has 1 aromatic carbocycles. The topological polar surface area (TPSA) is 58.2 Å². The van der Waals surface area contributed by atoms with Crippen LogP contribution in [0.2, 0.25) is 0 Å². The molecule has 1 saturated carbocycles. The lowest BCUT2D eigenvalue weighted by Crippen LogP contribution is -2.22. The van der Waals surface area contributed by atoms with Crippen LogP contribution >= 0.6 is 0 Å². The van der Waals surface area contributed by atoms with Gasteiger partial charge in [0.15, 0.2) is 9.84 Å². The van der Waals surface area contributed by atoms with Gasteiger partial charge in [-0.2, -0.15) is 0 Å². The minimum absolute atomic E-state index is 0.144. The van der Waals surface area contributed by atoms with Crippen molar-refractivity contribution in [3.05, 3.63) is 24.3 Å². The molecule has 3 rings (SSSR count). The second-order valence-corrected chi connectivity index (χ2v) is 7.30. The van der Waals surface area contributed by atoms with Gasteiger partial charge in [0.25, 0.3) is 0 Å². The second kappa shape index (κ2) is 4.24. The van der Waals surface area contributed by atoms with Gasteiger partial charge < -0.3 is 10.6 Å². The third-order valence-electron chi connectivity index (χ3n) is 4.02. The summed E-state index contributed by atoms with van der Waals surface area (Å²) >= 11 is 0. The molecular weight excluding hydrogens is 248 g/mol. The zero-order valence-electron chi connectivity index (χ0n) is 10.4. The first-order valence-electron chi connectivity index (χ1n) is 6.42. The Morgan fingerprint density at radius 2 is 1.94 bits per heavy atom. The van der Waals surface area contributed by atoms with Gasteiger partial charge in [-0.05, 0) is 24.0 Å². The molecule has 0 bridgehead atoms. The van der Waals surface area contributed by atoms with Gasteiger partial charge >= 0.3 is 0 Å². The molecule has 0 amide bonds. The lowest BCUT2D eigenvalue weighted by atomic mass is 10.3. The molecule has 2 aliphatic rings. The van der Waals surface area contributed by atoms with Crippen molar-refractivity contribution in [2.24, 2.45) is 11.8 Å². The second-order valence-electron chi connectivity index (χ2n) is 5.06. The number of fused-ring (bicyclic) bond motifs is 1. The molecule has 0 spiro atoms. The van der Waals surface area contributed by atoms with Gasteiger partial charge in [0.1, 0.15) is 0 Å². The molecule has 18 heavy (non-hydrogen) atoms. The Morgan fingerprint density at radius 3 is 2.61 bits per heavy atom. The average molecular weight is 266 g/mol. The lowest BCUT2D eigenvalue weighted by Gasteiger charge is -2.13. The van der Waals surface area contributed by atoms with E-state index < -0.39 is 9.84 Å². The van der Waals surface area contributed by atoms with E-state index in [1.165, 1.54) is 0 Å². The molecule has 1 saturated heterocycles. The maximum absolute atomic E-state index is 12.0. The summed E-state index contributed by atoms with van der Waals surface area (Å²) in [6.45, 7) is 3.78. The molecule has 2 atom stereocenters. The molecule has 1 aliphatic heterocycles.